The van der Waals surface area contributed by atoms with Crippen LogP contribution in [-0.4, -0.2) is 29.5 Å². The minimum Gasteiger partial charge on any atom is -0.451 e. The standard InChI is InChI=1S/C13H15ClN2O3/c14-9-5-6-15-11(7-9)13(18)19-8-12(17)16-10-3-1-2-4-10/h5-7,10H,1-4,8H2,(H,16,17). The molecule has 1 saturated carbocycles. The van der Waals surface area contributed by atoms with E-state index in [1.54, 1.807) is 6.07 Å². The maximum atomic E-state index is 11.6. The Morgan fingerprint density at radius 1 is 1.42 bits per heavy atom. The summed E-state index contributed by atoms with van der Waals surface area (Å²) < 4.78 is 4.88. The van der Waals surface area contributed by atoms with E-state index in [-0.39, 0.29) is 24.2 Å². The third kappa shape index (κ3) is 4.21. The smallest absolute Gasteiger partial charge is 0.357 e. The lowest BCUT2D eigenvalue weighted by Gasteiger charge is -2.11. The van der Waals surface area contributed by atoms with E-state index in [2.05, 4.69) is 10.3 Å². The zero-order valence-electron chi connectivity index (χ0n) is 10.4. The van der Waals surface area contributed by atoms with Crippen molar-refractivity contribution in [2.75, 3.05) is 6.61 Å². The van der Waals surface area contributed by atoms with Crippen molar-refractivity contribution >= 4 is 23.5 Å². The first-order chi connectivity index (χ1) is 9.15. The molecule has 6 heteroatoms. The lowest BCUT2D eigenvalue weighted by molar-refractivity contribution is -0.124. The second-order valence-corrected chi connectivity index (χ2v) is 4.92. The summed E-state index contributed by atoms with van der Waals surface area (Å²) in [5.41, 5.74) is 0.0983. The molecule has 2 rings (SSSR count). The van der Waals surface area contributed by atoms with Crippen molar-refractivity contribution in [1.29, 1.82) is 0 Å². The van der Waals surface area contributed by atoms with Crippen molar-refractivity contribution in [3.8, 4) is 0 Å². The van der Waals surface area contributed by atoms with Crippen molar-refractivity contribution in [2.24, 2.45) is 0 Å². The molecule has 1 N–H and O–H groups in total. The summed E-state index contributed by atoms with van der Waals surface area (Å²) in [6, 6.07) is 3.18. The summed E-state index contributed by atoms with van der Waals surface area (Å²) >= 11 is 5.74. The predicted molar refractivity (Wildman–Crippen MR) is 69.9 cm³/mol. The number of amides is 1. The number of aromatic nitrogens is 1. The first-order valence-corrected chi connectivity index (χ1v) is 6.61. The highest BCUT2D eigenvalue weighted by molar-refractivity contribution is 6.30. The highest BCUT2D eigenvalue weighted by atomic mass is 35.5. The van der Waals surface area contributed by atoms with Gasteiger partial charge in [0, 0.05) is 17.3 Å². The van der Waals surface area contributed by atoms with E-state index in [9.17, 15) is 9.59 Å². The van der Waals surface area contributed by atoms with Crippen LogP contribution >= 0.6 is 11.6 Å². The van der Waals surface area contributed by atoms with Crippen LogP contribution in [0.2, 0.25) is 5.02 Å². The number of hydrogen-bond donors (Lipinski definition) is 1. The van der Waals surface area contributed by atoms with Gasteiger partial charge in [0.05, 0.1) is 0 Å². The second-order valence-electron chi connectivity index (χ2n) is 4.48. The molecular weight excluding hydrogens is 268 g/mol. The number of nitrogens with zero attached hydrogens (tertiary/aromatic N) is 1. The molecule has 102 valence electrons. The molecule has 0 saturated heterocycles. The zero-order valence-corrected chi connectivity index (χ0v) is 11.2. The molecule has 0 aliphatic heterocycles. The van der Waals surface area contributed by atoms with Crippen LogP contribution in [0.15, 0.2) is 18.3 Å². The minimum absolute atomic E-state index is 0.0983. The summed E-state index contributed by atoms with van der Waals surface area (Å²) in [6.07, 6.45) is 5.68. The summed E-state index contributed by atoms with van der Waals surface area (Å²) in [4.78, 5) is 27.0. The van der Waals surface area contributed by atoms with E-state index >= 15 is 0 Å². The number of carbonyl (C=O) groups excluding carboxylic acids is 2. The molecular formula is C13H15ClN2O3. The molecule has 0 unspecified atom stereocenters. The van der Waals surface area contributed by atoms with Crippen molar-refractivity contribution in [2.45, 2.75) is 31.7 Å². The molecule has 1 aliphatic rings. The Bertz CT molecular complexity index is 473. The Labute approximate surface area is 116 Å². The molecule has 0 aromatic carbocycles. The molecule has 0 atom stereocenters. The van der Waals surface area contributed by atoms with E-state index < -0.39 is 5.97 Å². The average molecular weight is 283 g/mol. The van der Waals surface area contributed by atoms with Crippen LogP contribution in [0.1, 0.15) is 36.2 Å². The lowest BCUT2D eigenvalue weighted by Crippen LogP contribution is -2.35. The molecule has 0 bridgehead atoms. The van der Waals surface area contributed by atoms with Crippen LogP contribution < -0.4 is 5.32 Å². The number of hydrogen-bond acceptors (Lipinski definition) is 4. The Hall–Kier alpha value is -1.62. The van der Waals surface area contributed by atoms with Gasteiger partial charge in [-0.1, -0.05) is 24.4 Å². The molecule has 1 fully saturated rings. The maximum Gasteiger partial charge on any atom is 0.357 e. The van der Waals surface area contributed by atoms with Gasteiger partial charge in [0.15, 0.2) is 6.61 Å². The third-order valence-corrected chi connectivity index (χ3v) is 3.22. The number of ether oxygens (including phenoxy) is 1. The summed E-state index contributed by atoms with van der Waals surface area (Å²) in [5, 5.41) is 3.23. The van der Waals surface area contributed by atoms with Crippen LogP contribution in [-0.2, 0) is 9.53 Å². The molecule has 0 radical (unpaired) electrons. The quantitative estimate of drug-likeness (QED) is 0.857. The molecule has 5 nitrogen and oxygen atoms in total. The Kier molecular flexibility index (Phi) is 4.74. The van der Waals surface area contributed by atoms with Gasteiger partial charge in [-0.05, 0) is 25.0 Å². The molecule has 1 aliphatic carbocycles. The monoisotopic (exact) mass is 282 g/mol. The maximum absolute atomic E-state index is 11.6. The average Bonchev–Trinajstić information content (AvgIpc) is 2.88. The van der Waals surface area contributed by atoms with Gasteiger partial charge in [0.1, 0.15) is 5.69 Å². The van der Waals surface area contributed by atoms with E-state index in [1.807, 2.05) is 0 Å². The number of halogens is 1. The fourth-order valence-corrected chi connectivity index (χ4v) is 2.22. The van der Waals surface area contributed by atoms with E-state index in [0.29, 0.717) is 5.02 Å². The van der Waals surface area contributed by atoms with E-state index in [1.165, 1.54) is 12.3 Å². The summed E-state index contributed by atoms with van der Waals surface area (Å²) in [5.74, 6) is -0.925. The molecule has 1 heterocycles. The first-order valence-electron chi connectivity index (χ1n) is 6.23. The van der Waals surface area contributed by atoms with Crippen LogP contribution in [0.5, 0.6) is 0 Å². The van der Waals surface area contributed by atoms with Gasteiger partial charge in [0.25, 0.3) is 5.91 Å². The zero-order chi connectivity index (χ0) is 13.7. The highest BCUT2D eigenvalue weighted by Crippen LogP contribution is 2.17. The highest BCUT2D eigenvalue weighted by Gasteiger charge is 2.18. The second kappa shape index (κ2) is 6.52. The molecule has 1 aromatic heterocycles. The number of rotatable bonds is 4. The Morgan fingerprint density at radius 2 is 2.16 bits per heavy atom. The van der Waals surface area contributed by atoms with Crippen molar-refractivity contribution in [1.82, 2.24) is 10.3 Å². The summed E-state index contributed by atoms with van der Waals surface area (Å²) in [6.45, 7) is -0.288. The third-order valence-electron chi connectivity index (χ3n) is 2.99. The number of nitrogens with one attached hydrogen (secondary N) is 1. The van der Waals surface area contributed by atoms with E-state index in [0.717, 1.165) is 25.7 Å². The normalized spacial score (nSPS) is 15.2. The largest absolute Gasteiger partial charge is 0.451 e. The van der Waals surface area contributed by atoms with Gasteiger partial charge in [-0.15, -0.1) is 0 Å². The molecule has 1 aromatic rings. The molecule has 1 amide bonds. The van der Waals surface area contributed by atoms with Gasteiger partial charge in [-0.2, -0.15) is 0 Å². The van der Waals surface area contributed by atoms with E-state index in [4.69, 9.17) is 16.3 Å². The predicted octanol–water partition coefficient (Wildman–Crippen LogP) is 1.95. The van der Waals surface area contributed by atoms with Gasteiger partial charge in [0.2, 0.25) is 0 Å². The van der Waals surface area contributed by atoms with Crippen LogP contribution in [0.25, 0.3) is 0 Å². The fourth-order valence-electron chi connectivity index (χ4n) is 2.06. The minimum atomic E-state index is -0.649. The van der Waals surface area contributed by atoms with Crippen LogP contribution in [0.4, 0.5) is 0 Å². The molecule has 19 heavy (non-hydrogen) atoms. The number of esters is 1. The first kappa shape index (κ1) is 13.8. The molecule has 0 spiro atoms. The van der Waals surface area contributed by atoms with Gasteiger partial charge in [-0.25, -0.2) is 9.78 Å². The number of pyridine rings is 1. The van der Waals surface area contributed by atoms with Gasteiger partial charge < -0.3 is 10.1 Å². The SMILES string of the molecule is O=C(COC(=O)c1cc(Cl)ccn1)NC1CCCC1. The topological polar surface area (TPSA) is 68.3 Å². The fraction of sp³-hybridized carbons (Fsp3) is 0.462. The van der Waals surface area contributed by atoms with Gasteiger partial charge in [-0.3, -0.25) is 4.79 Å². The number of carbonyl (C=O) groups is 2. The Balaban J connectivity index is 1.78. The van der Waals surface area contributed by atoms with Crippen molar-refractivity contribution < 1.29 is 14.3 Å². The lowest BCUT2D eigenvalue weighted by atomic mass is 10.2. The van der Waals surface area contributed by atoms with Crippen molar-refractivity contribution in [3.05, 3.63) is 29.0 Å². The van der Waals surface area contributed by atoms with Crippen LogP contribution in [0.3, 0.4) is 0 Å². The van der Waals surface area contributed by atoms with Crippen LogP contribution in [0, 0.1) is 0 Å². The Morgan fingerprint density at radius 3 is 2.84 bits per heavy atom. The summed E-state index contributed by atoms with van der Waals surface area (Å²) in [7, 11) is 0. The van der Waals surface area contributed by atoms with Gasteiger partial charge >= 0.3 is 5.97 Å². The van der Waals surface area contributed by atoms with Crippen molar-refractivity contribution in [3.63, 3.8) is 0 Å².